The normalized spacial score (nSPS) is 12.5. The molecule has 160 valence electrons. The summed E-state index contributed by atoms with van der Waals surface area (Å²) in [7, 11) is 1.97. The first-order valence-electron chi connectivity index (χ1n) is 10.5. The van der Waals surface area contributed by atoms with E-state index >= 15 is 0 Å². The molecule has 1 atom stereocenters. The van der Waals surface area contributed by atoms with Crippen LogP contribution in [0, 0.1) is 5.92 Å². The molecule has 0 spiro atoms. The van der Waals surface area contributed by atoms with Gasteiger partial charge in [-0.05, 0) is 36.6 Å². The third-order valence-electron chi connectivity index (χ3n) is 5.36. The molecule has 4 aromatic rings. The molecule has 0 aliphatic heterocycles. The van der Waals surface area contributed by atoms with Crippen LogP contribution in [0.2, 0.25) is 0 Å². The Morgan fingerprint density at radius 2 is 1.77 bits per heavy atom. The van der Waals surface area contributed by atoms with E-state index < -0.39 is 0 Å². The average molecular weight is 419 g/mol. The second kappa shape index (κ2) is 8.67. The molecule has 2 aromatic carbocycles. The number of nitrogens with zero attached hydrogens (tertiary/aromatic N) is 5. The average Bonchev–Trinajstić information content (AvgIpc) is 3.09. The number of fused-ring (bicyclic) bond motifs is 2. The molecule has 31 heavy (non-hydrogen) atoms. The standard InChI is InChI=1S/C23H26N6O2/c1-15(2)14-19(22-25-18-10-6-7-11-20(18)28(22)3)24-21(30)12-13-29-23(31)16-8-4-5-9-17(16)26-27-29/h4-11,15,19H,12-14H2,1-3H3,(H,24,30). The van der Waals surface area contributed by atoms with Gasteiger partial charge in [0.25, 0.3) is 5.56 Å². The van der Waals surface area contributed by atoms with E-state index in [-0.39, 0.29) is 30.5 Å². The monoisotopic (exact) mass is 418 g/mol. The molecular weight excluding hydrogens is 392 g/mol. The Hall–Kier alpha value is -3.55. The molecule has 0 aliphatic carbocycles. The number of nitrogens with one attached hydrogen (secondary N) is 1. The lowest BCUT2D eigenvalue weighted by molar-refractivity contribution is -0.122. The van der Waals surface area contributed by atoms with Crippen LogP contribution in [0.25, 0.3) is 21.9 Å². The van der Waals surface area contributed by atoms with Crippen molar-refractivity contribution in [3.05, 3.63) is 64.7 Å². The maximum Gasteiger partial charge on any atom is 0.277 e. The summed E-state index contributed by atoms with van der Waals surface area (Å²) < 4.78 is 3.27. The predicted octanol–water partition coefficient (Wildman–Crippen LogP) is 2.97. The van der Waals surface area contributed by atoms with Crippen molar-refractivity contribution in [2.75, 3.05) is 0 Å². The molecule has 0 aliphatic rings. The summed E-state index contributed by atoms with van der Waals surface area (Å²) in [4.78, 5) is 30.1. The zero-order chi connectivity index (χ0) is 22.0. The number of carbonyl (C=O) groups is 1. The number of hydrogen-bond donors (Lipinski definition) is 1. The number of amides is 1. The van der Waals surface area contributed by atoms with Gasteiger partial charge >= 0.3 is 0 Å². The van der Waals surface area contributed by atoms with E-state index in [0.717, 1.165) is 23.3 Å². The number of aryl methyl sites for hydroxylation is 2. The Bertz CT molecular complexity index is 1290. The van der Waals surface area contributed by atoms with Gasteiger partial charge in [-0.3, -0.25) is 9.59 Å². The minimum absolute atomic E-state index is 0.130. The molecule has 2 aromatic heterocycles. The van der Waals surface area contributed by atoms with Crippen LogP contribution in [0.5, 0.6) is 0 Å². The summed E-state index contributed by atoms with van der Waals surface area (Å²) in [5.41, 5.74) is 2.24. The number of hydrogen-bond acceptors (Lipinski definition) is 5. The van der Waals surface area contributed by atoms with Gasteiger partial charge in [0, 0.05) is 13.5 Å². The first-order valence-corrected chi connectivity index (χ1v) is 10.5. The van der Waals surface area contributed by atoms with Crippen LogP contribution >= 0.6 is 0 Å². The summed E-state index contributed by atoms with van der Waals surface area (Å²) in [6, 6.07) is 14.8. The van der Waals surface area contributed by atoms with Gasteiger partial charge in [-0.15, -0.1) is 5.10 Å². The van der Waals surface area contributed by atoms with Crippen molar-refractivity contribution in [3.8, 4) is 0 Å². The number of para-hydroxylation sites is 2. The van der Waals surface area contributed by atoms with E-state index in [2.05, 4.69) is 29.5 Å². The van der Waals surface area contributed by atoms with Crippen LogP contribution in [0.3, 0.4) is 0 Å². The van der Waals surface area contributed by atoms with Crippen molar-refractivity contribution >= 4 is 27.8 Å². The molecule has 0 saturated carbocycles. The third kappa shape index (κ3) is 4.33. The maximum atomic E-state index is 12.8. The number of benzene rings is 2. The van der Waals surface area contributed by atoms with Gasteiger partial charge in [-0.1, -0.05) is 43.3 Å². The number of rotatable bonds is 7. The van der Waals surface area contributed by atoms with Crippen molar-refractivity contribution in [1.82, 2.24) is 29.9 Å². The zero-order valence-electron chi connectivity index (χ0n) is 17.9. The molecule has 1 N–H and O–H groups in total. The molecular formula is C23H26N6O2. The quantitative estimate of drug-likeness (QED) is 0.498. The maximum absolute atomic E-state index is 12.8. The predicted molar refractivity (Wildman–Crippen MR) is 119 cm³/mol. The Kier molecular flexibility index (Phi) is 5.79. The third-order valence-corrected chi connectivity index (χ3v) is 5.36. The highest BCUT2D eigenvalue weighted by Gasteiger charge is 2.22. The number of imidazole rings is 1. The lowest BCUT2D eigenvalue weighted by Gasteiger charge is -2.20. The van der Waals surface area contributed by atoms with E-state index in [1.807, 2.05) is 41.9 Å². The smallest absolute Gasteiger partial charge is 0.277 e. The number of aromatic nitrogens is 5. The van der Waals surface area contributed by atoms with Crippen molar-refractivity contribution in [2.45, 2.75) is 39.3 Å². The van der Waals surface area contributed by atoms with Gasteiger partial charge < -0.3 is 9.88 Å². The second-order valence-corrected chi connectivity index (χ2v) is 8.15. The Morgan fingerprint density at radius 3 is 2.52 bits per heavy atom. The summed E-state index contributed by atoms with van der Waals surface area (Å²) in [6.45, 7) is 4.40. The van der Waals surface area contributed by atoms with E-state index in [4.69, 9.17) is 4.98 Å². The van der Waals surface area contributed by atoms with E-state index in [1.54, 1.807) is 18.2 Å². The molecule has 8 heteroatoms. The molecule has 0 bridgehead atoms. The molecule has 0 saturated heterocycles. The van der Waals surface area contributed by atoms with E-state index in [0.29, 0.717) is 16.8 Å². The fourth-order valence-corrected chi connectivity index (χ4v) is 3.82. The molecule has 1 amide bonds. The lowest BCUT2D eigenvalue weighted by atomic mass is 10.0. The summed E-state index contributed by atoms with van der Waals surface area (Å²) >= 11 is 0. The van der Waals surface area contributed by atoms with Crippen molar-refractivity contribution in [1.29, 1.82) is 0 Å². The van der Waals surface area contributed by atoms with Gasteiger partial charge in [0.1, 0.15) is 11.3 Å². The fourth-order valence-electron chi connectivity index (χ4n) is 3.82. The van der Waals surface area contributed by atoms with Crippen LogP contribution in [-0.2, 0) is 18.4 Å². The van der Waals surface area contributed by atoms with E-state index in [1.165, 1.54) is 4.68 Å². The van der Waals surface area contributed by atoms with Crippen LogP contribution in [0.15, 0.2) is 53.3 Å². The SMILES string of the molecule is CC(C)CC(NC(=O)CCn1nnc2ccccc2c1=O)c1nc2ccccc2n1C. The lowest BCUT2D eigenvalue weighted by Crippen LogP contribution is -2.33. The first-order chi connectivity index (χ1) is 14.9. The van der Waals surface area contributed by atoms with Gasteiger partial charge in [0.15, 0.2) is 0 Å². The fraction of sp³-hybridized carbons (Fsp3) is 0.348. The highest BCUT2D eigenvalue weighted by Crippen LogP contribution is 2.24. The Morgan fingerprint density at radius 1 is 1.06 bits per heavy atom. The second-order valence-electron chi connectivity index (χ2n) is 8.15. The van der Waals surface area contributed by atoms with Gasteiger partial charge in [-0.25, -0.2) is 9.67 Å². The Balaban J connectivity index is 1.51. The van der Waals surface area contributed by atoms with Crippen LogP contribution in [0.4, 0.5) is 0 Å². The summed E-state index contributed by atoms with van der Waals surface area (Å²) in [5.74, 6) is 1.05. The van der Waals surface area contributed by atoms with E-state index in [9.17, 15) is 9.59 Å². The number of carbonyl (C=O) groups excluding carboxylic acids is 1. The van der Waals surface area contributed by atoms with Crippen molar-refractivity contribution in [2.24, 2.45) is 13.0 Å². The molecule has 4 rings (SSSR count). The van der Waals surface area contributed by atoms with Gasteiger partial charge in [0.05, 0.1) is 29.0 Å². The summed E-state index contributed by atoms with van der Waals surface area (Å²) in [6.07, 6.45) is 0.893. The van der Waals surface area contributed by atoms with Crippen molar-refractivity contribution in [3.63, 3.8) is 0 Å². The first kappa shape index (κ1) is 20.7. The highest BCUT2D eigenvalue weighted by atomic mass is 16.2. The van der Waals surface area contributed by atoms with Crippen LogP contribution in [0.1, 0.15) is 38.6 Å². The minimum Gasteiger partial charge on any atom is -0.346 e. The summed E-state index contributed by atoms with van der Waals surface area (Å²) in [5, 5.41) is 11.6. The van der Waals surface area contributed by atoms with Gasteiger partial charge in [0.2, 0.25) is 5.91 Å². The van der Waals surface area contributed by atoms with Crippen LogP contribution in [-0.4, -0.2) is 30.5 Å². The van der Waals surface area contributed by atoms with Crippen LogP contribution < -0.4 is 10.9 Å². The Labute approximate surface area is 179 Å². The highest BCUT2D eigenvalue weighted by molar-refractivity contribution is 5.78. The van der Waals surface area contributed by atoms with Crippen molar-refractivity contribution < 1.29 is 4.79 Å². The largest absolute Gasteiger partial charge is 0.346 e. The molecule has 0 radical (unpaired) electrons. The molecule has 1 unspecified atom stereocenters. The zero-order valence-corrected chi connectivity index (χ0v) is 17.9. The molecule has 2 heterocycles. The topological polar surface area (TPSA) is 94.7 Å². The van der Waals surface area contributed by atoms with Gasteiger partial charge in [-0.2, -0.15) is 0 Å². The molecule has 8 nitrogen and oxygen atoms in total. The molecule has 0 fully saturated rings. The minimum atomic E-state index is -0.243.